The molecule has 0 aliphatic carbocycles. The van der Waals surface area contributed by atoms with Crippen molar-refractivity contribution in [1.29, 1.82) is 0 Å². The maximum absolute atomic E-state index is 13.7. The Balaban J connectivity index is 1.75. The monoisotopic (exact) mass is 706 g/mol. The van der Waals surface area contributed by atoms with Gasteiger partial charge in [0.1, 0.15) is 6.04 Å². The van der Waals surface area contributed by atoms with Crippen LogP contribution in [0.1, 0.15) is 72.5 Å². The van der Waals surface area contributed by atoms with E-state index in [1.54, 1.807) is 32.2 Å². The molecule has 6 N–H and O–H groups in total. The van der Waals surface area contributed by atoms with Crippen molar-refractivity contribution in [3.05, 3.63) is 99.5 Å². The zero-order valence-electron chi connectivity index (χ0n) is 27.9. The first-order chi connectivity index (χ1) is 22.4. The summed E-state index contributed by atoms with van der Waals surface area (Å²) in [6.45, 7) is 9.98. The first-order valence-electron chi connectivity index (χ1n) is 16.0. The molecule has 0 saturated heterocycles. The Labute approximate surface area is 286 Å². The smallest absolute Gasteiger partial charge is 0.251 e. The van der Waals surface area contributed by atoms with E-state index in [0.717, 1.165) is 15.6 Å². The maximum Gasteiger partial charge on any atom is 0.251 e. The van der Waals surface area contributed by atoms with Crippen molar-refractivity contribution >= 4 is 45.2 Å². The number of likely N-dealkylation sites (N-methyl/N-ethyl adjacent to an activating group) is 1. The highest BCUT2D eigenvalue weighted by molar-refractivity contribution is 9.10. The van der Waals surface area contributed by atoms with E-state index < -0.39 is 18.1 Å². The number of anilines is 1. The minimum absolute atomic E-state index is 0.0906. The van der Waals surface area contributed by atoms with Gasteiger partial charge in [-0.3, -0.25) is 19.2 Å². The van der Waals surface area contributed by atoms with Gasteiger partial charge in [0.25, 0.3) is 11.8 Å². The molecule has 0 heterocycles. The van der Waals surface area contributed by atoms with Crippen LogP contribution in [0.5, 0.6) is 0 Å². The maximum atomic E-state index is 13.7. The van der Waals surface area contributed by atoms with Gasteiger partial charge in [-0.05, 0) is 74.6 Å². The summed E-state index contributed by atoms with van der Waals surface area (Å²) in [7, 11) is 1.73. The van der Waals surface area contributed by atoms with Gasteiger partial charge in [-0.25, -0.2) is 0 Å². The van der Waals surface area contributed by atoms with E-state index in [-0.39, 0.29) is 42.1 Å². The van der Waals surface area contributed by atoms with Crippen LogP contribution in [-0.4, -0.2) is 61.9 Å². The molecule has 0 spiro atoms. The summed E-state index contributed by atoms with van der Waals surface area (Å²) in [6.07, 6.45) is 0.505. The lowest BCUT2D eigenvalue weighted by molar-refractivity contribution is -0.130. The Morgan fingerprint density at radius 2 is 1.38 bits per heavy atom. The van der Waals surface area contributed by atoms with E-state index in [2.05, 4.69) is 47.8 Å². The van der Waals surface area contributed by atoms with Crippen LogP contribution < -0.4 is 31.9 Å². The molecule has 0 aromatic heterocycles. The van der Waals surface area contributed by atoms with Crippen LogP contribution in [-0.2, 0) is 16.0 Å². The fourth-order valence-electron chi connectivity index (χ4n) is 5.00. The van der Waals surface area contributed by atoms with Gasteiger partial charge in [0, 0.05) is 47.5 Å². The molecular weight excluding hydrogens is 660 g/mol. The molecule has 0 aliphatic heterocycles. The van der Waals surface area contributed by atoms with E-state index in [0.29, 0.717) is 29.8 Å². The van der Waals surface area contributed by atoms with Gasteiger partial charge in [-0.2, -0.15) is 0 Å². The Hall–Kier alpha value is -4.22. The summed E-state index contributed by atoms with van der Waals surface area (Å²) in [6, 6.07) is 20.5. The summed E-state index contributed by atoms with van der Waals surface area (Å²) in [5.41, 5.74) is 3.25. The lowest BCUT2D eigenvalue weighted by Crippen LogP contribution is -2.55. The summed E-state index contributed by atoms with van der Waals surface area (Å²) in [5.74, 6) is -1.28. The van der Waals surface area contributed by atoms with Crippen molar-refractivity contribution in [2.75, 3.05) is 25.5 Å². The van der Waals surface area contributed by atoms with E-state index >= 15 is 0 Å². The summed E-state index contributed by atoms with van der Waals surface area (Å²) in [5, 5.41) is 18.0. The highest BCUT2D eigenvalue weighted by Gasteiger charge is 2.26. The molecule has 0 fully saturated rings. The number of halogens is 1. The van der Waals surface area contributed by atoms with E-state index in [4.69, 9.17) is 0 Å². The van der Waals surface area contributed by atoms with Crippen molar-refractivity contribution in [1.82, 2.24) is 26.6 Å². The highest BCUT2D eigenvalue weighted by Crippen LogP contribution is 2.19. The van der Waals surface area contributed by atoms with Crippen LogP contribution in [0, 0.1) is 5.92 Å². The van der Waals surface area contributed by atoms with Gasteiger partial charge in [0.2, 0.25) is 11.8 Å². The number of carbonyl (C=O) groups excluding carboxylic acids is 4. The molecule has 0 unspecified atom stereocenters. The number of hydrogen-bond donors (Lipinski definition) is 6. The van der Waals surface area contributed by atoms with Crippen LogP contribution >= 0.6 is 15.9 Å². The molecule has 4 atom stereocenters. The molecule has 47 heavy (non-hydrogen) atoms. The molecular formula is C36H47BrN6O4. The third kappa shape index (κ3) is 11.5. The van der Waals surface area contributed by atoms with Crippen LogP contribution in [0.15, 0.2) is 77.3 Å². The first kappa shape index (κ1) is 37.2. The molecule has 4 amide bonds. The largest absolute Gasteiger partial charge is 0.388 e. The number of benzene rings is 3. The van der Waals surface area contributed by atoms with Gasteiger partial charge < -0.3 is 31.9 Å². The average molecular weight is 708 g/mol. The second-order valence-corrected chi connectivity index (χ2v) is 12.8. The summed E-state index contributed by atoms with van der Waals surface area (Å²) in [4.78, 5) is 52.5. The summed E-state index contributed by atoms with van der Waals surface area (Å²) < 4.78 is 0.951. The molecule has 3 rings (SSSR count). The first-order valence-corrected chi connectivity index (χ1v) is 16.8. The van der Waals surface area contributed by atoms with E-state index in [9.17, 15) is 19.2 Å². The second kappa shape index (κ2) is 18.2. The van der Waals surface area contributed by atoms with Gasteiger partial charge in [0.05, 0.1) is 12.1 Å². The lowest BCUT2D eigenvalue weighted by Gasteiger charge is -2.25. The molecule has 3 aromatic rings. The molecule has 10 nitrogen and oxygen atoms in total. The molecule has 0 bridgehead atoms. The van der Waals surface area contributed by atoms with E-state index in [1.807, 2.05) is 82.3 Å². The van der Waals surface area contributed by atoms with Crippen molar-refractivity contribution in [3.63, 3.8) is 0 Å². The molecule has 11 heteroatoms. The fourth-order valence-corrected chi connectivity index (χ4v) is 5.26. The number of nitrogens with one attached hydrogen (secondary N) is 6. The molecule has 0 radical (unpaired) electrons. The topological polar surface area (TPSA) is 140 Å². The Morgan fingerprint density at radius 1 is 0.766 bits per heavy atom. The number of amides is 4. The molecule has 0 saturated carbocycles. The van der Waals surface area contributed by atoms with Gasteiger partial charge in [-0.1, -0.05) is 72.2 Å². The Morgan fingerprint density at radius 3 is 1.96 bits per heavy atom. The third-order valence-corrected chi connectivity index (χ3v) is 8.31. The predicted molar refractivity (Wildman–Crippen MR) is 190 cm³/mol. The van der Waals surface area contributed by atoms with Gasteiger partial charge >= 0.3 is 0 Å². The Bertz CT molecular complexity index is 1500. The quantitative estimate of drug-likeness (QED) is 0.129. The molecule has 252 valence electrons. The molecule has 3 aromatic carbocycles. The van der Waals surface area contributed by atoms with Gasteiger partial charge in [0.15, 0.2) is 0 Å². The third-order valence-electron chi connectivity index (χ3n) is 7.79. The number of rotatable bonds is 16. The van der Waals surface area contributed by atoms with Gasteiger partial charge in [-0.15, -0.1) is 0 Å². The Kier molecular flexibility index (Phi) is 14.4. The predicted octanol–water partition coefficient (Wildman–Crippen LogP) is 4.58. The van der Waals surface area contributed by atoms with Crippen LogP contribution in [0.2, 0.25) is 0 Å². The average Bonchev–Trinajstić information content (AvgIpc) is 3.06. The zero-order valence-corrected chi connectivity index (χ0v) is 29.5. The van der Waals surface area contributed by atoms with Crippen LogP contribution in [0.4, 0.5) is 5.69 Å². The minimum Gasteiger partial charge on any atom is -0.388 e. The fraction of sp³-hybridized carbons (Fsp3) is 0.389. The normalized spacial score (nSPS) is 13.5. The number of hydrogen-bond acceptors (Lipinski definition) is 6. The van der Waals surface area contributed by atoms with Crippen molar-refractivity contribution < 1.29 is 19.2 Å². The van der Waals surface area contributed by atoms with Crippen molar-refractivity contribution in [2.24, 2.45) is 5.92 Å². The zero-order chi connectivity index (χ0) is 34.5. The SMILES string of the molecule is CCNC(=O)[C@@H](NC(=O)[C@H](C)NC[C@H](Cc1ccccc1)NC(=O)c1cc(NC)cc(C(=O)N[C@H](C)c2ccc(Br)cc2)c1)C(C)C. The van der Waals surface area contributed by atoms with Crippen molar-refractivity contribution in [3.8, 4) is 0 Å². The number of carbonyl (C=O) groups is 4. The summed E-state index contributed by atoms with van der Waals surface area (Å²) >= 11 is 3.43. The van der Waals surface area contributed by atoms with Crippen LogP contribution in [0.25, 0.3) is 0 Å². The molecule has 0 aliphatic rings. The minimum atomic E-state index is -0.657. The second-order valence-electron chi connectivity index (χ2n) is 11.9. The van der Waals surface area contributed by atoms with Crippen LogP contribution in [0.3, 0.4) is 0 Å². The lowest BCUT2D eigenvalue weighted by atomic mass is 10.0. The van der Waals surface area contributed by atoms with E-state index in [1.165, 1.54) is 0 Å². The van der Waals surface area contributed by atoms with Crippen molar-refractivity contribution in [2.45, 2.75) is 65.2 Å². The highest BCUT2D eigenvalue weighted by atomic mass is 79.9. The standard InChI is InChI=1S/C36H47BrN6O4/c1-7-39-36(47)32(22(2)3)43-33(44)24(5)40-21-31(17-25-11-9-8-10-12-25)42-35(46)28-18-27(19-30(20-28)38-6)34(45)41-23(4)26-13-15-29(37)16-14-26/h8-16,18-20,22-24,31-32,38,40H,7,17,21H2,1-6H3,(H,39,47)(H,41,45)(H,42,46)(H,43,44)/t23-,24+,31+,32+/m1/s1.